The number of hydrogen-bond donors (Lipinski definition) is 1. The van der Waals surface area contributed by atoms with Gasteiger partial charge in [-0.05, 0) is 43.7 Å². The first-order chi connectivity index (χ1) is 11.2. The van der Waals surface area contributed by atoms with Crippen LogP contribution in [0.3, 0.4) is 0 Å². The van der Waals surface area contributed by atoms with Crippen molar-refractivity contribution in [2.24, 2.45) is 11.7 Å². The highest BCUT2D eigenvalue weighted by atomic mass is 16.5. The number of rotatable bonds is 5. The highest BCUT2D eigenvalue weighted by molar-refractivity contribution is 5.76. The summed E-state index contributed by atoms with van der Waals surface area (Å²) in [6, 6.07) is 7.48. The molecule has 1 atom stereocenters. The smallest absolute Gasteiger partial charge is 0.241 e. The van der Waals surface area contributed by atoms with Crippen LogP contribution >= 0.6 is 0 Å². The van der Waals surface area contributed by atoms with Gasteiger partial charge in [0.05, 0.1) is 19.6 Å². The summed E-state index contributed by atoms with van der Waals surface area (Å²) in [5, 5.41) is 4.02. The third-order valence-electron chi connectivity index (χ3n) is 4.08. The van der Waals surface area contributed by atoms with Gasteiger partial charge in [0.15, 0.2) is 0 Å². The van der Waals surface area contributed by atoms with Gasteiger partial charge < -0.3 is 15.0 Å². The van der Waals surface area contributed by atoms with E-state index < -0.39 is 0 Å². The van der Waals surface area contributed by atoms with Gasteiger partial charge in [0.25, 0.3) is 0 Å². The molecule has 3 rings (SSSR count). The number of amides is 1. The molecule has 2 heterocycles. The molecule has 7 heteroatoms. The minimum Gasteiger partial charge on any atom is -0.497 e. The minimum atomic E-state index is -0.237. The molecule has 1 saturated heterocycles. The Kier molecular flexibility index (Phi) is 4.57. The molecule has 0 bridgehead atoms. The standard InChI is InChI=1S/C16H20N4O3/c1-22-13-6-4-11(5-7-13)16-18-14(23-19-16)10-20-8-2-3-12(9-20)15(17)21/h4-7,12H,2-3,8-10H2,1H3,(H2,17,21). The lowest BCUT2D eigenvalue weighted by Gasteiger charge is -2.29. The molecule has 122 valence electrons. The highest BCUT2D eigenvalue weighted by Gasteiger charge is 2.25. The molecule has 1 unspecified atom stereocenters. The van der Waals surface area contributed by atoms with Crippen LogP contribution in [0.5, 0.6) is 5.75 Å². The van der Waals surface area contributed by atoms with E-state index in [0.29, 0.717) is 24.8 Å². The van der Waals surface area contributed by atoms with Crippen LogP contribution in [0.25, 0.3) is 11.4 Å². The van der Waals surface area contributed by atoms with Crippen molar-refractivity contribution >= 4 is 5.91 Å². The van der Waals surface area contributed by atoms with Gasteiger partial charge in [0, 0.05) is 12.1 Å². The zero-order chi connectivity index (χ0) is 16.2. The van der Waals surface area contributed by atoms with Gasteiger partial charge in [0.2, 0.25) is 17.6 Å². The van der Waals surface area contributed by atoms with Gasteiger partial charge in [-0.3, -0.25) is 9.69 Å². The van der Waals surface area contributed by atoms with Crippen molar-refractivity contribution in [3.05, 3.63) is 30.2 Å². The van der Waals surface area contributed by atoms with Crippen molar-refractivity contribution in [3.63, 3.8) is 0 Å². The molecule has 1 aliphatic heterocycles. The summed E-state index contributed by atoms with van der Waals surface area (Å²) in [6.07, 6.45) is 1.81. The lowest BCUT2D eigenvalue weighted by atomic mass is 9.97. The number of piperidine rings is 1. The van der Waals surface area contributed by atoms with Crippen molar-refractivity contribution in [1.29, 1.82) is 0 Å². The van der Waals surface area contributed by atoms with Crippen molar-refractivity contribution in [2.75, 3.05) is 20.2 Å². The molecule has 2 aromatic rings. The van der Waals surface area contributed by atoms with Crippen LogP contribution in [0.4, 0.5) is 0 Å². The molecule has 7 nitrogen and oxygen atoms in total. The number of nitrogens with two attached hydrogens (primary N) is 1. The van der Waals surface area contributed by atoms with Crippen LogP contribution in [0, 0.1) is 5.92 Å². The first-order valence-electron chi connectivity index (χ1n) is 7.64. The zero-order valence-corrected chi connectivity index (χ0v) is 13.1. The number of likely N-dealkylation sites (tertiary alicyclic amines) is 1. The Morgan fingerprint density at radius 1 is 1.43 bits per heavy atom. The van der Waals surface area contributed by atoms with Crippen molar-refractivity contribution in [3.8, 4) is 17.1 Å². The van der Waals surface area contributed by atoms with Crippen molar-refractivity contribution in [1.82, 2.24) is 15.0 Å². The van der Waals surface area contributed by atoms with E-state index in [-0.39, 0.29) is 11.8 Å². The maximum atomic E-state index is 11.3. The molecule has 0 spiro atoms. The largest absolute Gasteiger partial charge is 0.497 e. The molecule has 1 aromatic heterocycles. The van der Waals surface area contributed by atoms with E-state index in [1.807, 2.05) is 24.3 Å². The van der Waals surface area contributed by atoms with Crippen LogP contribution in [-0.2, 0) is 11.3 Å². The highest BCUT2D eigenvalue weighted by Crippen LogP contribution is 2.21. The Morgan fingerprint density at radius 3 is 2.91 bits per heavy atom. The number of methoxy groups -OCH3 is 1. The Hall–Kier alpha value is -2.41. The predicted molar refractivity (Wildman–Crippen MR) is 83.5 cm³/mol. The van der Waals surface area contributed by atoms with Crippen LogP contribution < -0.4 is 10.5 Å². The van der Waals surface area contributed by atoms with Crippen molar-refractivity contribution in [2.45, 2.75) is 19.4 Å². The second-order valence-electron chi connectivity index (χ2n) is 5.72. The average molecular weight is 316 g/mol. The number of nitrogens with zero attached hydrogens (tertiary/aromatic N) is 3. The molecule has 23 heavy (non-hydrogen) atoms. The monoisotopic (exact) mass is 316 g/mol. The molecular weight excluding hydrogens is 296 g/mol. The Balaban J connectivity index is 1.65. The minimum absolute atomic E-state index is 0.0901. The summed E-state index contributed by atoms with van der Waals surface area (Å²) in [5.74, 6) is 1.54. The van der Waals surface area contributed by atoms with E-state index >= 15 is 0 Å². The number of carbonyl (C=O) groups excluding carboxylic acids is 1. The van der Waals surface area contributed by atoms with Gasteiger partial charge in [-0.1, -0.05) is 5.16 Å². The maximum Gasteiger partial charge on any atom is 0.241 e. The summed E-state index contributed by atoms with van der Waals surface area (Å²) in [6.45, 7) is 2.09. The fourth-order valence-corrected chi connectivity index (χ4v) is 2.80. The lowest BCUT2D eigenvalue weighted by Crippen LogP contribution is -2.40. The molecular formula is C16H20N4O3. The quantitative estimate of drug-likeness (QED) is 0.897. The Labute approximate surface area is 134 Å². The Morgan fingerprint density at radius 2 is 2.22 bits per heavy atom. The number of carbonyl (C=O) groups is 1. The van der Waals surface area contributed by atoms with Gasteiger partial charge in [-0.25, -0.2) is 0 Å². The molecule has 1 amide bonds. The van der Waals surface area contributed by atoms with Gasteiger partial charge >= 0.3 is 0 Å². The fourth-order valence-electron chi connectivity index (χ4n) is 2.80. The topological polar surface area (TPSA) is 94.5 Å². The molecule has 0 aliphatic carbocycles. The summed E-state index contributed by atoms with van der Waals surface area (Å²) in [7, 11) is 1.62. The van der Waals surface area contributed by atoms with E-state index in [2.05, 4.69) is 15.0 Å². The van der Waals surface area contributed by atoms with Crippen LogP contribution in [0.1, 0.15) is 18.7 Å². The summed E-state index contributed by atoms with van der Waals surface area (Å²) < 4.78 is 10.5. The summed E-state index contributed by atoms with van der Waals surface area (Å²) in [5.41, 5.74) is 6.27. The van der Waals surface area contributed by atoms with Crippen LogP contribution in [-0.4, -0.2) is 41.1 Å². The number of aromatic nitrogens is 2. The van der Waals surface area contributed by atoms with Gasteiger partial charge in [-0.2, -0.15) is 4.98 Å². The maximum absolute atomic E-state index is 11.3. The van der Waals surface area contributed by atoms with E-state index in [1.54, 1.807) is 7.11 Å². The van der Waals surface area contributed by atoms with E-state index in [4.69, 9.17) is 15.0 Å². The fraction of sp³-hybridized carbons (Fsp3) is 0.438. The summed E-state index contributed by atoms with van der Waals surface area (Å²) >= 11 is 0. The van der Waals surface area contributed by atoms with Gasteiger partial charge in [-0.15, -0.1) is 0 Å². The third-order valence-corrected chi connectivity index (χ3v) is 4.08. The van der Waals surface area contributed by atoms with E-state index in [1.165, 1.54) is 0 Å². The number of benzene rings is 1. The number of hydrogen-bond acceptors (Lipinski definition) is 6. The molecule has 1 aromatic carbocycles. The van der Waals surface area contributed by atoms with Crippen LogP contribution in [0.2, 0.25) is 0 Å². The SMILES string of the molecule is COc1ccc(-c2noc(CN3CCCC(C(N)=O)C3)n2)cc1. The molecule has 1 fully saturated rings. The zero-order valence-electron chi connectivity index (χ0n) is 13.1. The molecule has 1 aliphatic rings. The number of ether oxygens (including phenoxy) is 1. The Bertz CT molecular complexity index is 668. The second kappa shape index (κ2) is 6.78. The van der Waals surface area contributed by atoms with Crippen LogP contribution in [0.15, 0.2) is 28.8 Å². The third kappa shape index (κ3) is 3.68. The van der Waals surface area contributed by atoms with E-state index in [0.717, 1.165) is 30.7 Å². The molecule has 2 N–H and O–H groups in total. The average Bonchev–Trinajstić information content (AvgIpc) is 3.03. The normalized spacial score (nSPS) is 18.7. The second-order valence-corrected chi connectivity index (χ2v) is 5.72. The lowest BCUT2D eigenvalue weighted by molar-refractivity contribution is -0.123. The number of primary amides is 1. The first-order valence-corrected chi connectivity index (χ1v) is 7.64. The molecule has 0 saturated carbocycles. The van der Waals surface area contributed by atoms with Crippen molar-refractivity contribution < 1.29 is 14.1 Å². The predicted octanol–water partition coefficient (Wildman–Crippen LogP) is 1.44. The van der Waals surface area contributed by atoms with E-state index in [9.17, 15) is 4.79 Å². The summed E-state index contributed by atoms with van der Waals surface area (Å²) in [4.78, 5) is 17.9. The molecule has 0 radical (unpaired) electrons. The first kappa shape index (κ1) is 15.5. The van der Waals surface area contributed by atoms with Gasteiger partial charge in [0.1, 0.15) is 5.75 Å².